The van der Waals surface area contributed by atoms with Gasteiger partial charge >= 0.3 is 0 Å². The molecule has 1 heterocycles. The maximum atomic E-state index is 11.6. The molecule has 0 spiro atoms. The molecule has 4 nitrogen and oxygen atoms in total. The SMILES string of the molecule is O=S(O)(=S)c1cccc2nc3ccccc3nc12. The predicted molar refractivity (Wildman–Crippen MR) is 73.4 cm³/mol. The Bertz CT molecular complexity index is 860. The van der Waals surface area contributed by atoms with Gasteiger partial charge in [0.15, 0.2) is 8.77 Å². The molecule has 0 aliphatic rings. The Labute approximate surface area is 108 Å². The third-order valence-corrected chi connectivity index (χ3v) is 4.03. The predicted octanol–water partition coefficient (Wildman–Crippen LogP) is 2.36. The quantitative estimate of drug-likeness (QED) is 0.691. The molecule has 6 heteroatoms. The lowest BCUT2D eigenvalue weighted by atomic mass is 10.2. The highest BCUT2D eigenvalue weighted by atomic mass is 32.8. The first-order valence-corrected chi connectivity index (χ1v) is 7.63. The van der Waals surface area contributed by atoms with Crippen LogP contribution >= 0.6 is 0 Å². The monoisotopic (exact) mass is 276 g/mol. The molecule has 1 N–H and O–H groups in total. The topological polar surface area (TPSA) is 63.1 Å². The van der Waals surface area contributed by atoms with Crippen LogP contribution in [-0.4, -0.2) is 18.7 Å². The Morgan fingerprint density at radius 3 is 2.22 bits per heavy atom. The van der Waals surface area contributed by atoms with E-state index in [1.807, 2.05) is 18.2 Å². The normalized spacial score (nSPS) is 14.7. The van der Waals surface area contributed by atoms with Crippen molar-refractivity contribution in [1.82, 2.24) is 9.97 Å². The van der Waals surface area contributed by atoms with Crippen molar-refractivity contribution in [3.63, 3.8) is 0 Å². The summed E-state index contributed by atoms with van der Waals surface area (Å²) in [7, 11) is -3.47. The van der Waals surface area contributed by atoms with E-state index in [1.54, 1.807) is 18.2 Å². The summed E-state index contributed by atoms with van der Waals surface area (Å²) in [4.78, 5) is 8.93. The number of fused-ring (bicyclic) bond motifs is 2. The van der Waals surface area contributed by atoms with Crippen LogP contribution in [0.3, 0.4) is 0 Å². The Morgan fingerprint density at radius 1 is 0.944 bits per heavy atom. The summed E-state index contributed by atoms with van der Waals surface area (Å²) in [5.41, 5.74) is 2.38. The number of para-hydroxylation sites is 3. The average molecular weight is 276 g/mol. The Balaban J connectivity index is 2.51. The number of hydrogen-bond acceptors (Lipinski definition) is 4. The van der Waals surface area contributed by atoms with Gasteiger partial charge in [-0.25, -0.2) is 14.2 Å². The molecule has 0 aliphatic heterocycles. The van der Waals surface area contributed by atoms with E-state index >= 15 is 0 Å². The van der Waals surface area contributed by atoms with E-state index < -0.39 is 8.77 Å². The van der Waals surface area contributed by atoms with E-state index in [0.717, 1.165) is 5.52 Å². The molecule has 0 fully saturated rings. The third-order valence-electron chi connectivity index (χ3n) is 2.61. The fourth-order valence-corrected chi connectivity index (χ4v) is 2.87. The smallest absolute Gasteiger partial charge is 0.173 e. The summed E-state index contributed by atoms with van der Waals surface area (Å²) in [5, 5.41) is 0. The van der Waals surface area contributed by atoms with Crippen molar-refractivity contribution in [2.75, 3.05) is 0 Å². The second kappa shape index (κ2) is 3.94. The lowest BCUT2D eigenvalue weighted by Crippen LogP contribution is -1.99. The second-order valence-corrected chi connectivity index (χ2v) is 6.56. The van der Waals surface area contributed by atoms with Gasteiger partial charge in [-0.3, -0.25) is 0 Å². The molecule has 0 bridgehead atoms. The first kappa shape index (κ1) is 11.5. The van der Waals surface area contributed by atoms with Crippen molar-refractivity contribution in [2.45, 2.75) is 4.90 Å². The molecule has 1 aromatic heterocycles. The largest absolute Gasteiger partial charge is 0.302 e. The zero-order valence-corrected chi connectivity index (χ0v) is 10.7. The summed E-state index contributed by atoms with van der Waals surface area (Å²) in [6.07, 6.45) is 0. The van der Waals surface area contributed by atoms with Crippen molar-refractivity contribution >= 4 is 42.0 Å². The van der Waals surface area contributed by atoms with Gasteiger partial charge in [-0.05, 0) is 24.3 Å². The number of aromatic nitrogens is 2. The summed E-state index contributed by atoms with van der Waals surface area (Å²) >= 11 is 4.62. The van der Waals surface area contributed by atoms with Crippen molar-refractivity contribution in [2.24, 2.45) is 0 Å². The van der Waals surface area contributed by atoms with E-state index in [2.05, 4.69) is 21.2 Å². The molecule has 0 saturated carbocycles. The average Bonchev–Trinajstić information content (AvgIpc) is 2.34. The molecular weight excluding hydrogens is 268 g/mol. The van der Waals surface area contributed by atoms with Crippen LogP contribution in [0.25, 0.3) is 22.1 Å². The summed E-state index contributed by atoms with van der Waals surface area (Å²) in [6.45, 7) is 0. The number of benzene rings is 2. The Hall–Kier alpha value is -1.63. The lowest BCUT2D eigenvalue weighted by molar-refractivity contribution is 0.562. The van der Waals surface area contributed by atoms with Gasteiger partial charge in [0.25, 0.3) is 0 Å². The highest BCUT2D eigenvalue weighted by Gasteiger charge is 2.12. The van der Waals surface area contributed by atoms with Gasteiger partial charge in [-0.15, -0.1) is 0 Å². The number of nitrogens with zero attached hydrogens (tertiary/aromatic N) is 2. The fourth-order valence-electron chi connectivity index (χ4n) is 1.82. The Kier molecular flexibility index (Phi) is 2.51. The van der Waals surface area contributed by atoms with Crippen LogP contribution in [0.5, 0.6) is 0 Å². The van der Waals surface area contributed by atoms with Crippen LogP contribution in [0.15, 0.2) is 47.4 Å². The van der Waals surface area contributed by atoms with Crippen LogP contribution in [0.1, 0.15) is 0 Å². The van der Waals surface area contributed by atoms with E-state index in [4.69, 9.17) is 0 Å². The molecular formula is C12H8N2O2S2. The minimum absolute atomic E-state index is 0.147. The van der Waals surface area contributed by atoms with Gasteiger partial charge in [0.1, 0.15) is 5.52 Å². The van der Waals surface area contributed by atoms with Gasteiger partial charge in [0.05, 0.1) is 21.4 Å². The molecule has 0 saturated heterocycles. The van der Waals surface area contributed by atoms with Crippen LogP contribution < -0.4 is 0 Å². The Morgan fingerprint density at radius 2 is 1.56 bits per heavy atom. The summed E-state index contributed by atoms with van der Waals surface area (Å²) < 4.78 is 21.2. The van der Waals surface area contributed by atoms with Gasteiger partial charge < -0.3 is 4.55 Å². The van der Waals surface area contributed by atoms with Crippen molar-refractivity contribution < 1.29 is 8.76 Å². The number of hydrogen-bond donors (Lipinski definition) is 1. The summed E-state index contributed by atoms with van der Waals surface area (Å²) in [6, 6.07) is 12.3. The van der Waals surface area contributed by atoms with Crippen molar-refractivity contribution in [3.05, 3.63) is 42.5 Å². The van der Waals surface area contributed by atoms with Crippen molar-refractivity contribution in [3.8, 4) is 0 Å². The van der Waals surface area contributed by atoms with Crippen LogP contribution in [-0.2, 0) is 20.0 Å². The maximum Gasteiger partial charge on any atom is 0.173 e. The van der Waals surface area contributed by atoms with Crippen LogP contribution in [0, 0.1) is 0 Å². The molecule has 0 radical (unpaired) electrons. The van der Waals surface area contributed by atoms with Gasteiger partial charge in [0, 0.05) is 11.2 Å². The first-order valence-electron chi connectivity index (χ1n) is 5.19. The molecule has 3 rings (SSSR count). The molecule has 0 aliphatic carbocycles. The first-order chi connectivity index (χ1) is 8.55. The second-order valence-electron chi connectivity index (χ2n) is 3.81. The number of rotatable bonds is 1. The third kappa shape index (κ3) is 1.84. The van der Waals surface area contributed by atoms with Gasteiger partial charge in [0.2, 0.25) is 0 Å². The lowest BCUT2D eigenvalue weighted by Gasteiger charge is -2.05. The molecule has 90 valence electrons. The highest BCUT2D eigenvalue weighted by Crippen LogP contribution is 2.22. The van der Waals surface area contributed by atoms with E-state index in [0.29, 0.717) is 16.6 Å². The minimum atomic E-state index is -3.47. The van der Waals surface area contributed by atoms with Crippen molar-refractivity contribution in [1.29, 1.82) is 0 Å². The molecule has 1 unspecified atom stereocenters. The van der Waals surface area contributed by atoms with E-state index in [-0.39, 0.29) is 4.90 Å². The fraction of sp³-hybridized carbons (Fsp3) is 0. The van der Waals surface area contributed by atoms with Gasteiger partial charge in [-0.1, -0.05) is 18.2 Å². The van der Waals surface area contributed by atoms with E-state index in [1.165, 1.54) is 6.07 Å². The minimum Gasteiger partial charge on any atom is -0.302 e. The van der Waals surface area contributed by atoms with Crippen LogP contribution in [0.4, 0.5) is 0 Å². The summed E-state index contributed by atoms with van der Waals surface area (Å²) in [5.74, 6) is 0. The molecule has 18 heavy (non-hydrogen) atoms. The maximum absolute atomic E-state index is 11.6. The molecule has 0 amide bonds. The molecule has 2 aromatic carbocycles. The highest BCUT2D eigenvalue weighted by molar-refractivity contribution is 8.29. The molecule has 1 atom stereocenters. The molecule has 3 aromatic rings. The van der Waals surface area contributed by atoms with Gasteiger partial charge in [-0.2, -0.15) is 0 Å². The zero-order valence-electron chi connectivity index (χ0n) is 9.11. The zero-order chi connectivity index (χ0) is 12.8. The van der Waals surface area contributed by atoms with E-state index in [9.17, 15) is 8.76 Å². The van der Waals surface area contributed by atoms with Crippen LogP contribution in [0.2, 0.25) is 0 Å². The standard InChI is InChI=1S/C12H8N2O2S2/c15-18(16,17)11-7-3-6-10-12(11)14-9-5-2-1-4-8(9)13-10/h1-7H,(H,15,16,17).